The Hall–Kier alpha value is -3.16. The summed E-state index contributed by atoms with van der Waals surface area (Å²) in [4.78, 5) is 29.0. The van der Waals surface area contributed by atoms with E-state index in [2.05, 4.69) is 9.97 Å². The van der Waals surface area contributed by atoms with Gasteiger partial charge in [-0.1, -0.05) is 0 Å². The Morgan fingerprint density at radius 2 is 1.32 bits per heavy atom. The van der Waals surface area contributed by atoms with Crippen molar-refractivity contribution in [2.75, 3.05) is 0 Å². The number of carboxylic acids is 2. The Morgan fingerprint density at radius 1 is 0.909 bits per heavy atom. The summed E-state index contributed by atoms with van der Waals surface area (Å²) in [6, 6.07) is 0. The van der Waals surface area contributed by atoms with Gasteiger partial charge < -0.3 is 19.3 Å². The summed E-state index contributed by atoms with van der Waals surface area (Å²) in [6.45, 7) is 1.26. The topological polar surface area (TPSA) is 110 Å². The molecule has 8 nitrogen and oxygen atoms in total. The van der Waals surface area contributed by atoms with Crippen LogP contribution in [0.4, 0.5) is 0 Å². The van der Waals surface area contributed by atoms with E-state index >= 15 is 0 Å². The minimum Gasteiger partial charge on any atom is -0.478 e. The number of imidazole rings is 2. The highest BCUT2D eigenvalue weighted by molar-refractivity contribution is 5.85. The molecule has 0 amide bonds. The van der Waals surface area contributed by atoms with Crippen LogP contribution >= 0.6 is 0 Å². The molecule has 0 aliphatic heterocycles. The van der Waals surface area contributed by atoms with Crippen LogP contribution in [0.3, 0.4) is 0 Å². The zero-order valence-electron chi connectivity index (χ0n) is 11.5. The summed E-state index contributed by atoms with van der Waals surface area (Å²) in [7, 11) is 0. The lowest BCUT2D eigenvalue weighted by atomic mass is 10.4. The van der Waals surface area contributed by atoms with Crippen LogP contribution < -0.4 is 0 Å². The zero-order valence-corrected chi connectivity index (χ0v) is 11.5. The quantitative estimate of drug-likeness (QED) is 0.737. The van der Waals surface area contributed by atoms with E-state index in [4.69, 9.17) is 10.2 Å². The second kappa shape index (κ2) is 7.02. The fraction of sp³-hybridized carbons (Fsp3) is 0.143. The maximum Gasteiger partial charge on any atom is 0.328 e. The molecule has 2 heterocycles. The van der Waals surface area contributed by atoms with Gasteiger partial charge in [0.15, 0.2) is 0 Å². The van der Waals surface area contributed by atoms with Crippen molar-refractivity contribution in [3.8, 4) is 0 Å². The molecule has 2 N–H and O–H groups in total. The van der Waals surface area contributed by atoms with Gasteiger partial charge in [-0.2, -0.15) is 0 Å². The van der Waals surface area contributed by atoms with Crippen molar-refractivity contribution in [3.05, 3.63) is 48.6 Å². The maximum absolute atomic E-state index is 10.4. The summed E-state index contributed by atoms with van der Waals surface area (Å²) in [5.74, 6) is -2.04. The molecule has 2 aromatic rings. The molecule has 0 saturated carbocycles. The SMILES string of the molecule is O=C(O)/C=C/c1cn(CCn2cnc(/C=C/C(=O)O)c2)cn1. The van der Waals surface area contributed by atoms with Crippen LogP contribution in [0, 0.1) is 0 Å². The molecule has 0 aliphatic rings. The third-order valence-electron chi connectivity index (χ3n) is 2.72. The molecule has 0 aromatic carbocycles. The van der Waals surface area contributed by atoms with Crippen molar-refractivity contribution >= 4 is 24.1 Å². The van der Waals surface area contributed by atoms with E-state index in [1.54, 1.807) is 25.0 Å². The van der Waals surface area contributed by atoms with Gasteiger partial charge in [0, 0.05) is 37.6 Å². The van der Waals surface area contributed by atoms with Gasteiger partial charge in [-0.05, 0) is 12.2 Å². The average molecular weight is 302 g/mol. The smallest absolute Gasteiger partial charge is 0.328 e. The van der Waals surface area contributed by atoms with E-state index in [1.807, 2.05) is 9.13 Å². The standard InChI is InChI=1S/C14H14N4O4/c19-13(20)3-1-11-7-17(9-15-11)5-6-18-8-12(16-10-18)2-4-14(21)22/h1-4,7-10H,5-6H2,(H,19,20)(H,21,22)/b3-1+,4-2+. The lowest BCUT2D eigenvalue weighted by molar-refractivity contribution is -0.132. The highest BCUT2D eigenvalue weighted by Gasteiger charge is 1.99. The summed E-state index contributed by atoms with van der Waals surface area (Å²) < 4.78 is 3.66. The van der Waals surface area contributed by atoms with Crippen molar-refractivity contribution in [3.63, 3.8) is 0 Å². The largest absolute Gasteiger partial charge is 0.478 e. The molecule has 0 atom stereocenters. The summed E-state index contributed by atoms with van der Waals surface area (Å²) in [6.07, 6.45) is 11.6. The molecule has 0 unspecified atom stereocenters. The molecule has 8 heteroatoms. The first-order valence-electron chi connectivity index (χ1n) is 6.38. The average Bonchev–Trinajstić information content (AvgIpc) is 3.10. The monoisotopic (exact) mass is 302 g/mol. The van der Waals surface area contributed by atoms with Crippen LogP contribution in [-0.4, -0.2) is 41.3 Å². The number of aromatic nitrogens is 4. The van der Waals surface area contributed by atoms with E-state index < -0.39 is 11.9 Å². The molecule has 2 rings (SSSR count). The van der Waals surface area contributed by atoms with Crippen LogP contribution in [0.1, 0.15) is 11.4 Å². The Balaban J connectivity index is 1.90. The molecule has 0 saturated heterocycles. The predicted molar refractivity (Wildman–Crippen MR) is 77.8 cm³/mol. The van der Waals surface area contributed by atoms with Crippen LogP contribution in [-0.2, 0) is 22.7 Å². The lowest BCUT2D eigenvalue weighted by Crippen LogP contribution is -2.03. The summed E-state index contributed by atoms with van der Waals surface area (Å²) in [5, 5.41) is 17.1. The number of aryl methyl sites for hydroxylation is 2. The first-order valence-corrected chi connectivity index (χ1v) is 6.38. The third-order valence-corrected chi connectivity index (χ3v) is 2.72. The fourth-order valence-electron chi connectivity index (χ4n) is 1.72. The molecule has 114 valence electrons. The second-order valence-corrected chi connectivity index (χ2v) is 4.42. The van der Waals surface area contributed by atoms with Crippen LogP contribution in [0.25, 0.3) is 12.2 Å². The van der Waals surface area contributed by atoms with Gasteiger partial charge in [-0.3, -0.25) is 0 Å². The molecule has 22 heavy (non-hydrogen) atoms. The number of hydrogen-bond donors (Lipinski definition) is 2. The van der Waals surface area contributed by atoms with E-state index in [0.717, 1.165) is 12.2 Å². The van der Waals surface area contributed by atoms with Crippen molar-refractivity contribution in [2.24, 2.45) is 0 Å². The fourth-order valence-corrected chi connectivity index (χ4v) is 1.72. The minimum atomic E-state index is -1.02. The van der Waals surface area contributed by atoms with Gasteiger partial charge >= 0.3 is 11.9 Å². The molecular formula is C14H14N4O4. The first kappa shape index (κ1) is 15.2. The Labute approximate surface area is 125 Å². The third kappa shape index (κ3) is 4.75. The zero-order chi connectivity index (χ0) is 15.9. The highest BCUT2D eigenvalue weighted by atomic mass is 16.4. The van der Waals surface area contributed by atoms with Crippen LogP contribution in [0.15, 0.2) is 37.2 Å². The van der Waals surface area contributed by atoms with Crippen LogP contribution in [0.5, 0.6) is 0 Å². The van der Waals surface area contributed by atoms with Gasteiger partial charge in [0.1, 0.15) is 0 Å². The molecule has 0 aliphatic carbocycles. The van der Waals surface area contributed by atoms with Crippen molar-refractivity contribution in [1.82, 2.24) is 19.1 Å². The highest BCUT2D eigenvalue weighted by Crippen LogP contribution is 2.02. The van der Waals surface area contributed by atoms with Crippen molar-refractivity contribution in [2.45, 2.75) is 13.1 Å². The summed E-state index contributed by atoms with van der Waals surface area (Å²) in [5.41, 5.74) is 1.14. The van der Waals surface area contributed by atoms with Crippen LogP contribution in [0.2, 0.25) is 0 Å². The second-order valence-electron chi connectivity index (χ2n) is 4.42. The number of hydrogen-bond acceptors (Lipinski definition) is 4. The number of rotatable bonds is 7. The van der Waals surface area contributed by atoms with E-state index in [-0.39, 0.29) is 0 Å². The van der Waals surface area contributed by atoms with Gasteiger partial charge in [-0.25, -0.2) is 19.6 Å². The Kier molecular flexibility index (Phi) is 4.86. The Bertz CT molecular complexity index is 665. The minimum absolute atomic E-state index is 0.568. The van der Waals surface area contributed by atoms with Gasteiger partial charge in [0.05, 0.1) is 24.0 Å². The van der Waals surface area contributed by atoms with Gasteiger partial charge in [-0.15, -0.1) is 0 Å². The number of aliphatic carboxylic acids is 2. The molecule has 2 aromatic heterocycles. The number of nitrogens with zero attached hydrogens (tertiary/aromatic N) is 4. The van der Waals surface area contributed by atoms with E-state index in [9.17, 15) is 9.59 Å². The molecule has 0 spiro atoms. The lowest BCUT2D eigenvalue weighted by Gasteiger charge is -2.02. The first-order chi connectivity index (χ1) is 10.5. The maximum atomic E-state index is 10.4. The van der Waals surface area contributed by atoms with Gasteiger partial charge in [0.2, 0.25) is 0 Å². The molecule has 0 radical (unpaired) electrons. The number of carbonyl (C=O) groups is 2. The molecule has 0 bridgehead atoms. The van der Waals surface area contributed by atoms with Gasteiger partial charge in [0.25, 0.3) is 0 Å². The van der Waals surface area contributed by atoms with Crippen molar-refractivity contribution < 1.29 is 19.8 Å². The van der Waals surface area contributed by atoms with E-state index in [0.29, 0.717) is 24.5 Å². The normalized spacial score (nSPS) is 11.5. The Morgan fingerprint density at radius 3 is 1.68 bits per heavy atom. The summed E-state index contributed by atoms with van der Waals surface area (Å²) >= 11 is 0. The number of carboxylic acid groups (broad SMARTS) is 2. The predicted octanol–water partition coefficient (Wildman–Crippen LogP) is 0.975. The molecular weight excluding hydrogens is 288 g/mol. The van der Waals surface area contributed by atoms with E-state index in [1.165, 1.54) is 12.2 Å². The van der Waals surface area contributed by atoms with Crippen molar-refractivity contribution in [1.29, 1.82) is 0 Å². The molecule has 0 fully saturated rings.